The molecule has 27 heavy (non-hydrogen) atoms. The molecular weight excluding hydrogens is 338 g/mol. The molecule has 0 radical (unpaired) electrons. The number of carbonyl (C=O) groups excluding carboxylic acids is 1. The predicted molar refractivity (Wildman–Crippen MR) is 103 cm³/mol. The van der Waals surface area contributed by atoms with Crippen molar-refractivity contribution in [3.8, 4) is 29.5 Å². The average molecular weight is 353 g/mol. The molecular formula is C21H15N5O. The molecule has 0 bridgehead atoms. The zero-order valence-electron chi connectivity index (χ0n) is 14.4. The van der Waals surface area contributed by atoms with Crippen LogP contribution in [0, 0.1) is 23.7 Å². The number of anilines is 1. The molecule has 1 amide bonds. The monoisotopic (exact) mass is 353 g/mol. The van der Waals surface area contributed by atoms with E-state index in [-0.39, 0.29) is 12.5 Å². The Morgan fingerprint density at radius 3 is 2.96 bits per heavy atom. The highest BCUT2D eigenvalue weighted by molar-refractivity contribution is 6.05. The van der Waals surface area contributed by atoms with Gasteiger partial charge in [0.15, 0.2) is 0 Å². The van der Waals surface area contributed by atoms with Crippen LogP contribution in [0.2, 0.25) is 0 Å². The first kappa shape index (κ1) is 16.4. The molecule has 0 fully saturated rings. The molecule has 0 saturated carbocycles. The number of aromatic nitrogens is 2. The molecule has 0 aliphatic carbocycles. The number of hydrogen-bond acceptors (Lipinski definition) is 4. The third kappa shape index (κ3) is 2.52. The number of H-pyrrole nitrogens is 1. The number of hydrogen-bond donors (Lipinski definition) is 2. The second-order valence-corrected chi connectivity index (χ2v) is 6.41. The fraction of sp³-hybridized carbons (Fsp3) is 0.0952. The number of aromatic amines is 1. The highest BCUT2D eigenvalue weighted by Gasteiger charge is 2.32. The van der Waals surface area contributed by atoms with E-state index < -0.39 is 0 Å². The van der Waals surface area contributed by atoms with Crippen molar-refractivity contribution in [2.45, 2.75) is 6.54 Å². The number of rotatable bonds is 3. The molecule has 6 heteroatoms. The fourth-order valence-electron chi connectivity index (χ4n) is 3.46. The molecule has 2 heterocycles. The van der Waals surface area contributed by atoms with Crippen LogP contribution in [0.15, 0.2) is 42.5 Å². The molecule has 1 aliphatic heterocycles. The van der Waals surface area contributed by atoms with Crippen molar-refractivity contribution >= 4 is 22.5 Å². The smallest absolute Gasteiger partial charge is 0.256 e. The van der Waals surface area contributed by atoms with Gasteiger partial charge < -0.3 is 10.6 Å². The van der Waals surface area contributed by atoms with Gasteiger partial charge in [0.1, 0.15) is 5.69 Å². The van der Waals surface area contributed by atoms with E-state index in [4.69, 9.17) is 17.4 Å². The second-order valence-electron chi connectivity index (χ2n) is 6.41. The number of benzene rings is 2. The summed E-state index contributed by atoms with van der Waals surface area (Å²) in [5, 5.41) is 16.8. The molecule has 3 aromatic rings. The van der Waals surface area contributed by atoms with Crippen LogP contribution in [0.3, 0.4) is 0 Å². The van der Waals surface area contributed by atoms with Crippen LogP contribution in [0.25, 0.3) is 22.0 Å². The maximum atomic E-state index is 12.8. The Kier molecular flexibility index (Phi) is 3.68. The first-order chi connectivity index (χ1) is 13.0. The minimum absolute atomic E-state index is 0.185. The van der Waals surface area contributed by atoms with Gasteiger partial charge in [-0.3, -0.25) is 9.89 Å². The molecule has 130 valence electrons. The Labute approximate surface area is 155 Å². The van der Waals surface area contributed by atoms with Gasteiger partial charge in [0.2, 0.25) is 0 Å². The Morgan fingerprint density at radius 2 is 2.22 bits per heavy atom. The number of nitrogens with one attached hydrogen (secondary N) is 1. The highest BCUT2D eigenvalue weighted by atomic mass is 16.2. The van der Waals surface area contributed by atoms with Crippen molar-refractivity contribution in [2.75, 3.05) is 12.3 Å². The first-order valence-corrected chi connectivity index (χ1v) is 8.27. The summed E-state index contributed by atoms with van der Waals surface area (Å²) < 4.78 is 0. The van der Waals surface area contributed by atoms with Crippen LogP contribution in [-0.2, 0) is 6.54 Å². The summed E-state index contributed by atoms with van der Waals surface area (Å²) in [6.45, 7) is 4.23. The summed E-state index contributed by atoms with van der Waals surface area (Å²) in [5.41, 5.74) is 11.4. The first-order valence-electron chi connectivity index (χ1n) is 8.27. The number of nitriles is 1. The maximum absolute atomic E-state index is 12.8. The Morgan fingerprint density at radius 1 is 1.41 bits per heavy atom. The zero-order valence-corrected chi connectivity index (χ0v) is 14.4. The van der Waals surface area contributed by atoms with E-state index in [1.165, 1.54) is 0 Å². The largest absolute Gasteiger partial charge is 0.398 e. The number of carbonyl (C=O) groups is 1. The number of fused-ring (bicyclic) bond motifs is 2. The highest BCUT2D eigenvalue weighted by Crippen LogP contribution is 2.37. The molecule has 6 nitrogen and oxygen atoms in total. The topological polar surface area (TPSA) is 98.8 Å². The summed E-state index contributed by atoms with van der Waals surface area (Å²) in [6, 6.07) is 11.4. The van der Waals surface area contributed by atoms with Crippen LogP contribution >= 0.6 is 0 Å². The number of nitrogen functional groups attached to an aromatic ring is 1. The van der Waals surface area contributed by atoms with Crippen LogP contribution in [0.1, 0.15) is 21.6 Å². The van der Waals surface area contributed by atoms with Gasteiger partial charge in [0, 0.05) is 23.2 Å². The van der Waals surface area contributed by atoms with Gasteiger partial charge in [0.25, 0.3) is 5.91 Å². The maximum Gasteiger partial charge on any atom is 0.256 e. The third-order valence-corrected chi connectivity index (χ3v) is 4.75. The van der Waals surface area contributed by atoms with E-state index >= 15 is 0 Å². The number of nitrogens with zero attached hydrogens (tertiary/aromatic N) is 3. The fourth-order valence-corrected chi connectivity index (χ4v) is 3.46. The summed E-state index contributed by atoms with van der Waals surface area (Å²) in [6.07, 6.45) is 5.52. The Balaban J connectivity index is 1.84. The van der Waals surface area contributed by atoms with E-state index in [1.807, 2.05) is 30.3 Å². The average Bonchev–Trinajstić information content (AvgIpc) is 3.23. The van der Waals surface area contributed by atoms with Crippen LogP contribution < -0.4 is 5.73 Å². The van der Waals surface area contributed by atoms with Crippen molar-refractivity contribution in [3.05, 3.63) is 59.3 Å². The molecule has 3 N–H and O–H groups in total. The molecule has 4 rings (SSSR count). The van der Waals surface area contributed by atoms with Crippen LogP contribution in [-0.4, -0.2) is 27.5 Å². The molecule has 0 saturated heterocycles. The van der Waals surface area contributed by atoms with Gasteiger partial charge in [-0.1, -0.05) is 18.7 Å². The summed E-state index contributed by atoms with van der Waals surface area (Å²) in [5.74, 6) is 2.38. The van der Waals surface area contributed by atoms with Crippen LogP contribution in [0.5, 0.6) is 0 Å². The van der Waals surface area contributed by atoms with Crippen molar-refractivity contribution in [2.24, 2.45) is 0 Å². The second kappa shape index (κ2) is 6.05. The van der Waals surface area contributed by atoms with Gasteiger partial charge in [-0.15, -0.1) is 6.42 Å². The molecule has 0 unspecified atom stereocenters. The van der Waals surface area contributed by atoms with Crippen molar-refractivity contribution in [3.63, 3.8) is 0 Å². The molecule has 2 aromatic carbocycles. The normalized spacial score (nSPS) is 12.7. The Bertz CT molecular complexity index is 1210. The Hall–Kier alpha value is -4.03. The zero-order chi connectivity index (χ0) is 19.1. The van der Waals surface area contributed by atoms with E-state index in [0.717, 1.165) is 27.6 Å². The summed E-state index contributed by atoms with van der Waals surface area (Å²) >= 11 is 0. The lowest BCUT2D eigenvalue weighted by molar-refractivity contribution is 0.0795. The standard InChI is InChI=1S/C21H15N5O/c1-3-18-15-8-13(4-7-19(15)25-24-18)14-5-6-17(23)20-16(14)11-26(21(20)27)10-12(2)9-22/h1,4-8H,2,10-11,23H2,(H,24,25). The molecule has 1 aromatic heterocycles. The summed E-state index contributed by atoms with van der Waals surface area (Å²) in [4.78, 5) is 14.4. The molecule has 0 spiro atoms. The third-order valence-electron chi connectivity index (χ3n) is 4.75. The van der Waals surface area contributed by atoms with Crippen molar-refractivity contribution in [1.29, 1.82) is 5.26 Å². The van der Waals surface area contributed by atoms with E-state index in [9.17, 15) is 4.79 Å². The van der Waals surface area contributed by atoms with Gasteiger partial charge in [-0.05, 0) is 40.8 Å². The van der Waals surface area contributed by atoms with Crippen molar-refractivity contribution < 1.29 is 4.79 Å². The minimum atomic E-state index is -0.186. The lowest BCUT2D eigenvalue weighted by atomic mass is 9.95. The predicted octanol–water partition coefficient (Wildman–Crippen LogP) is 2.83. The number of amides is 1. The van der Waals surface area contributed by atoms with E-state index in [2.05, 4.69) is 22.7 Å². The quantitative estimate of drug-likeness (QED) is 0.430. The summed E-state index contributed by atoms with van der Waals surface area (Å²) in [7, 11) is 0. The minimum Gasteiger partial charge on any atom is -0.398 e. The lowest BCUT2D eigenvalue weighted by Gasteiger charge is -2.14. The van der Waals surface area contributed by atoms with E-state index in [0.29, 0.717) is 29.1 Å². The molecule has 1 aliphatic rings. The number of terminal acetylenes is 1. The van der Waals surface area contributed by atoms with Gasteiger partial charge in [-0.25, -0.2) is 0 Å². The van der Waals surface area contributed by atoms with Gasteiger partial charge in [-0.2, -0.15) is 10.4 Å². The van der Waals surface area contributed by atoms with Crippen molar-refractivity contribution in [1.82, 2.24) is 15.1 Å². The SMILES string of the molecule is C#Cc1n[nH]c2ccc(-c3ccc(N)c4c3CN(CC(=C)C#N)C4=O)cc12. The van der Waals surface area contributed by atoms with Gasteiger partial charge in [0.05, 0.1) is 23.7 Å². The lowest BCUT2D eigenvalue weighted by Crippen LogP contribution is -2.26. The van der Waals surface area contributed by atoms with E-state index in [1.54, 1.807) is 11.0 Å². The van der Waals surface area contributed by atoms with Gasteiger partial charge >= 0.3 is 0 Å². The number of nitrogens with two attached hydrogens (primary N) is 1. The van der Waals surface area contributed by atoms with Crippen LogP contribution in [0.4, 0.5) is 5.69 Å². The molecule has 0 atom stereocenters.